The Hall–Kier alpha value is -2.37. The summed E-state index contributed by atoms with van der Waals surface area (Å²) in [5.74, 6) is 0.687. The summed E-state index contributed by atoms with van der Waals surface area (Å²) in [7, 11) is 1.75. The number of nitrogens with zero attached hydrogens (tertiary/aromatic N) is 2. The van der Waals surface area contributed by atoms with E-state index in [0.29, 0.717) is 12.3 Å². The molecule has 2 fully saturated rings. The fourth-order valence-electron chi connectivity index (χ4n) is 4.46. The fraction of sp³-hybridized carbons (Fsp3) is 0.550. The molecule has 2 aliphatic rings. The minimum atomic E-state index is -0.620. The first-order valence-corrected chi connectivity index (χ1v) is 9.50. The van der Waals surface area contributed by atoms with Crippen LogP contribution in [0.15, 0.2) is 23.0 Å². The monoisotopic (exact) mass is 355 g/mol. The zero-order chi connectivity index (χ0) is 18.4. The van der Waals surface area contributed by atoms with Gasteiger partial charge in [0, 0.05) is 13.5 Å². The van der Waals surface area contributed by atoms with Crippen molar-refractivity contribution in [1.82, 2.24) is 14.5 Å². The Morgan fingerprint density at radius 2 is 1.73 bits per heavy atom. The SMILES string of the molecule is CC1CCC(c2ccc3c(c2)n(C)c(=O)n3C2CCC(=O)NC2=O)CC1. The van der Waals surface area contributed by atoms with Gasteiger partial charge < -0.3 is 0 Å². The van der Waals surface area contributed by atoms with Gasteiger partial charge >= 0.3 is 5.69 Å². The van der Waals surface area contributed by atoms with E-state index in [9.17, 15) is 14.4 Å². The number of benzene rings is 1. The molecule has 2 amide bonds. The predicted molar refractivity (Wildman–Crippen MR) is 99.0 cm³/mol. The highest BCUT2D eigenvalue weighted by molar-refractivity contribution is 6.00. The summed E-state index contributed by atoms with van der Waals surface area (Å²) in [6.07, 6.45) is 5.50. The molecular weight excluding hydrogens is 330 g/mol. The molecule has 2 heterocycles. The lowest BCUT2D eigenvalue weighted by molar-refractivity contribution is -0.135. The molecule has 0 bridgehead atoms. The van der Waals surface area contributed by atoms with E-state index in [-0.39, 0.29) is 23.9 Å². The zero-order valence-corrected chi connectivity index (χ0v) is 15.3. The minimum absolute atomic E-state index is 0.205. The number of aromatic nitrogens is 2. The van der Waals surface area contributed by atoms with E-state index >= 15 is 0 Å². The summed E-state index contributed by atoms with van der Waals surface area (Å²) in [5, 5.41) is 2.35. The number of aryl methyl sites for hydroxylation is 1. The van der Waals surface area contributed by atoms with E-state index < -0.39 is 6.04 Å². The Bertz CT molecular complexity index is 932. The zero-order valence-electron chi connectivity index (χ0n) is 15.3. The molecule has 1 aliphatic heterocycles. The van der Waals surface area contributed by atoms with E-state index in [4.69, 9.17) is 0 Å². The lowest BCUT2D eigenvalue weighted by Gasteiger charge is -2.26. The maximum absolute atomic E-state index is 12.8. The Morgan fingerprint density at radius 3 is 2.42 bits per heavy atom. The van der Waals surface area contributed by atoms with Gasteiger partial charge in [-0.05, 0) is 48.8 Å². The topological polar surface area (TPSA) is 73.1 Å². The predicted octanol–water partition coefficient (Wildman–Crippen LogP) is 2.61. The summed E-state index contributed by atoms with van der Waals surface area (Å²) in [4.78, 5) is 36.5. The van der Waals surface area contributed by atoms with Crippen molar-refractivity contribution >= 4 is 22.8 Å². The number of carbonyl (C=O) groups is 2. The first kappa shape index (κ1) is 17.1. The standard InChI is InChI=1S/C20H25N3O3/c1-12-3-5-13(6-4-12)14-7-8-15-17(11-14)22(2)20(26)23(15)16-9-10-18(24)21-19(16)25/h7-8,11-13,16H,3-6,9-10H2,1-2H3,(H,21,24,25). The molecule has 0 spiro atoms. The van der Waals surface area contributed by atoms with E-state index in [1.54, 1.807) is 16.2 Å². The minimum Gasteiger partial charge on any atom is -0.295 e. The van der Waals surface area contributed by atoms with Crippen molar-refractivity contribution in [2.75, 3.05) is 0 Å². The average molecular weight is 355 g/mol. The molecule has 2 aromatic rings. The highest BCUT2D eigenvalue weighted by Crippen LogP contribution is 2.36. The molecule has 26 heavy (non-hydrogen) atoms. The van der Waals surface area contributed by atoms with Crippen LogP contribution in [0.4, 0.5) is 0 Å². The van der Waals surface area contributed by atoms with Gasteiger partial charge in [-0.25, -0.2) is 4.79 Å². The molecule has 1 saturated carbocycles. The first-order chi connectivity index (χ1) is 12.5. The van der Waals surface area contributed by atoms with E-state index in [1.165, 1.54) is 31.2 Å². The number of imidazole rings is 1. The largest absolute Gasteiger partial charge is 0.329 e. The number of fused-ring (bicyclic) bond motifs is 1. The van der Waals surface area contributed by atoms with Crippen LogP contribution < -0.4 is 11.0 Å². The normalized spacial score (nSPS) is 26.9. The molecule has 1 N–H and O–H groups in total. The van der Waals surface area contributed by atoms with Crippen LogP contribution in [0.25, 0.3) is 11.0 Å². The lowest BCUT2D eigenvalue weighted by Crippen LogP contribution is -2.44. The molecule has 1 unspecified atom stereocenters. The van der Waals surface area contributed by atoms with Crippen LogP contribution in [0.2, 0.25) is 0 Å². The number of nitrogens with one attached hydrogen (secondary N) is 1. The van der Waals surface area contributed by atoms with Crippen molar-refractivity contribution in [2.24, 2.45) is 13.0 Å². The second kappa shape index (κ2) is 6.41. The van der Waals surface area contributed by atoms with Crippen LogP contribution in [0, 0.1) is 5.92 Å². The second-order valence-corrected chi connectivity index (χ2v) is 7.88. The third-order valence-electron chi connectivity index (χ3n) is 6.12. The molecule has 1 saturated heterocycles. The summed E-state index contributed by atoms with van der Waals surface area (Å²) >= 11 is 0. The van der Waals surface area contributed by atoms with Gasteiger partial charge in [0.1, 0.15) is 6.04 Å². The van der Waals surface area contributed by atoms with Gasteiger partial charge in [-0.1, -0.05) is 25.8 Å². The molecule has 1 aromatic carbocycles. The van der Waals surface area contributed by atoms with Crippen molar-refractivity contribution < 1.29 is 9.59 Å². The summed E-state index contributed by atoms with van der Waals surface area (Å²) in [6.45, 7) is 2.31. The molecule has 1 aliphatic carbocycles. The number of piperidine rings is 1. The highest BCUT2D eigenvalue weighted by Gasteiger charge is 2.31. The smallest absolute Gasteiger partial charge is 0.295 e. The summed E-state index contributed by atoms with van der Waals surface area (Å²) in [5.41, 5.74) is 2.69. The van der Waals surface area contributed by atoms with E-state index in [2.05, 4.69) is 24.4 Å². The van der Waals surface area contributed by atoms with Gasteiger partial charge in [-0.3, -0.25) is 24.0 Å². The van der Waals surface area contributed by atoms with Crippen LogP contribution in [0.3, 0.4) is 0 Å². The van der Waals surface area contributed by atoms with Gasteiger partial charge in [0.15, 0.2) is 0 Å². The number of hydrogen-bond donors (Lipinski definition) is 1. The third-order valence-corrected chi connectivity index (χ3v) is 6.12. The molecule has 0 radical (unpaired) electrons. The maximum Gasteiger partial charge on any atom is 0.329 e. The van der Waals surface area contributed by atoms with Gasteiger partial charge in [-0.2, -0.15) is 0 Å². The molecular formula is C20H25N3O3. The Morgan fingerprint density at radius 1 is 1.00 bits per heavy atom. The number of carbonyl (C=O) groups excluding carboxylic acids is 2. The molecule has 4 rings (SSSR count). The van der Waals surface area contributed by atoms with Gasteiger partial charge in [0.25, 0.3) is 0 Å². The Labute approximate surface area is 152 Å². The van der Waals surface area contributed by atoms with Crippen molar-refractivity contribution in [2.45, 2.75) is 57.4 Å². The third kappa shape index (κ3) is 2.77. The molecule has 6 heteroatoms. The van der Waals surface area contributed by atoms with E-state index in [0.717, 1.165) is 17.0 Å². The van der Waals surface area contributed by atoms with E-state index in [1.807, 2.05) is 6.07 Å². The Kier molecular flexibility index (Phi) is 4.21. The summed E-state index contributed by atoms with van der Waals surface area (Å²) < 4.78 is 3.16. The molecule has 6 nitrogen and oxygen atoms in total. The average Bonchev–Trinajstić information content (AvgIpc) is 2.87. The van der Waals surface area contributed by atoms with Crippen LogP contribution in [0.1, 0.15) is 63.0 Å². The fourth-order valence-corrected chi connectivity index (χ4v) is 4.46. The number of hydrogen-bond acceptors (Lipinski definition) is 3. The van der Waals surface area contributed by atoms with Crippen molar-refractivity contribution in [3.05, 3.63) is 34.2 Å². The number of imide groups is 1. The van der Waals surface area contributed by atoms with Crippen molar-refractivity contribution in [3.8, 4) is 0 Å². The van der Waals surface area contributed by atoms with Crippen LogP contribution in [0.5, 0.6) is 0 Å². The van der Waals surface area contributed by atoms with Crippen LogP contribution >= 0.6 is 0 Å². The van der Waals surface area contributed by atoms with Crippen LogP contribution in [-0.4, -0.2) is 20.9 Å². The number of rotatable bonds is 2. The molecule has 1 atom stereocenters. The Balaban J connectivity index is 1.74. The molecule has 1 aromatic heterocycles. The quantitative estimate of drug-likeness (QED) is 0.842. The van der Waals surface area contributed by atoms with Crippen LogP contribution in [-0.2, 0) is 16.6 Å². The van der Waals surface area contributed by atoms with Gasteiger partial charge in [0.05, 0.1) is 11.0 Å². The lowest BCUT2D eigenvalue weighted by atomic mass is 9.79. The first-order valence-electron chi connectivity index (χ1n) is 9.50. The maximum atomic E-state index is 12.8. The number of amides is 2. The summed E-state index contributed by atoms with van der Waals surface area (Å²) in [6, 6.07) is 5.56. The highest BCUT2D eigenvalue weighted by atomic mass is 16.2. The van der Waals surface area contributed by atoms with Gasteiger partial charge in [0.2, 0.25) is 11.8 Å². The molecule has 138 valence electrons. The van der Waals surface area contributed by atoms with Gasteiger partial charge in [-0.15, -0.1) is 0 Å². The van der Waals surface area contributed by atoms with Crippen molar-refractivity contribution in [3.63, 3.8) is 0 Å². The second-order valence-electron chi connectivity index (χ2n) is 7.88. The van der Waals surface area contributed by atoms with Crippen molar-refractivity contribution in [1.29, 1.82) is 0 Å².